The van der Waals surface area contributed by atoms with Crippen LogP contribution in [0.1, 0.15) is 18.1 Å². The first-order valence-electron chi connectivity index (χ1n) is 11.6. The number of fused-ring (bicyclic) bond motifs is 2. The number of aryl methyl sites for hydroxylation is 1. The molecule has 2 aliphatic heterocycles. The van der Waals surface area contributed by atoms with Crippen molar-refractivity contribution >= 4 is 32.8 Å². The molecule has 0 amide bonds. The van der Waals surface area contributed by atoms with Crippen LogP contribution in [0.2, 0.25) is 0 Å². The molecule has 2 unspecified atom stereocenters. The number of rotatable bonds is 5. The van der Waals surface area contributed by atoms with Gasteiger partial charge >= 0.3 is 5.97 Å². The molecular formula is C26H26FN3O5S. The standard InChI is InChI=1S/C26H26FN3O5S/c1-4-35-26(32)20-12-28-23-21-15(13-30(24(20)21)18-7-5-17(27)6-8-18)11-16(14-36(3,33)34)19-9-10-29(2)25(31)22(19)23/h5-11,13,20,24,28H,4,12,14H2,1-3H3. The van der Waals surface area contributed by atoms with Gasteiger partial charge in [0, 0.05) is 43.5 Å². The van der Waals surface area contributed by atoms with Gasteiger partial charge in [-0.25, -0.2) is 12.8 Å². The second-order valence-electron chi connectivity index (χ2n) is 9.20. The van der Waals surface area contributed by atoms with Crippen LogP contribution >= 0.6 is 0 Å². The summed E-state index contributed by atoms with van der Waals surface area (Å²) in [6.07, 6.45) is 6.36. The van der Waals surface area contributed by atoms with Crippen molar-refractivity contribution in [1.82, 2.24) is 9.88 Å². The summed E-state index contributed by atoms with van der Waals surface area (Å²) in [6, 6.07) is 7.13. The normalized spacial score (nSPS) is 20.6. The maximum absolute atomic E-state index is 13.7. The lowest BCUT2D eigenvalue weighted by Crippen LogP contribution is -2.49. The van der Waals surface area contributed by atoms with E-state index >= 15 is 0 Å². The smallest absolute Gasteiger partial charge is 0.313 e. The average Bonchev–Trinajstić information content (AvgIpc) is 3.13. The molecule has 188 valence electrons. The summed E-state index contributed by atoms with van der Waals surface area (Å²) in [5.41, 5.74) is 3.71. The first kappa shape index (κ1) is 24.1. The lowest BCUT2D eigenvalue weighted by atomic mass is 9.84. The molecule has 1 aromatic carbocycles. The molecule has 3 aliphatic rings. The van der Waals surface area contributed by atoms with Crippen LogP contribution in [0.4, 0.5) is 10.1 Å². The molecule has 8 nitrogen and oxygen atoms in total. The van der Waals surface area contributed by atoms with Crippen molar-refractivity contribution in [2.45, 2.75) is 13.0 Å². The van der Waals surface area contributed by atoms with Gasteiger partial charge in [0.15, 0.2) is 9.84 Å². The van der Waals surface area contributed by atoms with E-state index in [2.05, 4.69) is 5.32 Å². The number of nitrogens with one attached hydrogen (secondary N) is 1. The predicted octanol–water partition coefficient (Wildman–Crippen LogP) is 2.23. The van der Waals surface area contributed by atoms with E-state index < -0.39 is 27.8 Å². The molecule has 0 saturated heterocycles. The molecule has 1 aromatic heterocycles. The van der Waals surface area contributed by atoms with E-state index in [0.717, 1.165) is 6.26 Å². The van der Waals surface area contributed by atoms with Crippen LogP contribution in [-0.2, 0) is 26.4 Å². The van der Waals surface area contributed by atoms with Gasteiger partial charge in [-0.2, -0.15) is 0 Å². The van der Waals surface area contributed by atoms with E-state index in [4.69, 9.17) is 4.74 Å². The first-order chi connectivity index (χ1) is 17.1. The number of esters is 1. The molecule has 0 saturated carbocycles. The van der Waals surface area contributed by atoms with E-state index in [0.29, 0.717) is 39.2 Å². The molecule has 0 fully saturated rings. The molecule has 1 N–H and O–H groups in total. The quantitative estimate of drug-likeness (QED) is 0.615. The van der Waals surface area contributed by atoms with Crippen molar-refractivity contribution in [3.05, 3.63) is 87.2 Å². The van der Waals surface area contributed by atoms with Crippen LogP contribution in [0, 0.1) is 11.7 Å². The van der Waals surface area contributed by atoms with Crippen molar-refractivity contribution < 1.29 is 22.3 Å². The van der Waals surface area contributed by atoms with Gasteiger partial charge in [0.05, 0.1) is 35.6 Å². The van der Waals surface area contributed by atoms with Gasteiger partial charge in [-0.3, -0.25) is 9.59 Å². The number of hydrogen-bond donors (Lipinski definition) is 1. The third-order valence-electron chi connectivity index (χ3n) is 6.66. The molecule has 5 rings (SSSR count). The Balaban J connectivity index is 1.79. The van der Waals surface area contributed by atoms with Crippen LogP contribution in [0.5, 0.6) is 0 Å². The Bertz CT molecular complexity index is 1520. The molecule has 0 bridgehead atoms. The summed E-state index contributed by atoms with van der Waals surface area (Å²) in [6.45, 7) is 2.16. The third kappa shape index (κ3) is 4.05. The molecule has 0 radical (unpaired) electrons. The van der Waals surface area contributed by atoms with Crippen LogP contribution < -0.4 is 15.8 Å². The number of sulfone groups is 1. The summed E-state index contributed by atoms with van der Waals surface area (Å²) < 4.78 is 45.2. The van der Waals surface area contributed by atoms with Crippen molar-refractivity contribution in [3.63, 3.8) is 0 Å². The van der Waals surface area contributed by atoms with Gasteiger partial charge in [-0.1, -0.05) is 0 Å². The number of aromatic nitrogens is 1. The number of benzene rings is 1. The van der Waals surface area contributed by atoms with E-state index in [1.165, 1.54) is 16.7 Å². The molecule has 36 heavy (non-hydrogen) atoms. The van der Waals surface area contributed by atoms with E-state index in [-0.39, 0.29) is 30.3 Å². The largest absolute Gasteiger partial charge is 0.466 e. The van der Waals surface area contributed by atoms with Crippen molar-refractivity contribution in [3.8, 4) is 0 Å². The van der Waals surface area contributed by atoms with Gasteiger partial charge in [0.1, 0.15) is 5.82 Å². The Morgan fingerprint density at radius 3 is 2.61 bits per heavy atom. The number of hydrogen-bond acceptors (Lipinski definition) is 7. The van der Waals surface area contributed by atoms with Gasteiger partial charge in [-0.05, 0) is 60.0 Å². The van der Waals surface area contributed by atoms with Gasteiger partial charge in [0.25, 0.3) is 5.56 Å². The number of carbonyl (C=O) groups is 1. The minimum Gasteiger partial charge on any atom is -0.466 e. The summed E-state index contributed by atoms with van der Waals surface area (Å²) in [7, 11) is -1.80. The predicted molar refractivity (Wildman–Crippen MR) is 135 cm³/mol. The van der Waals surface area contributed by atoms with Gasteiger partial charge in [-0.15, -0.1) is 0 Å². The number of nitrogens with zero attached hydrogens (tertiary/aromatic N) is 2. The Morgan fingerprint density at radius 2 is 1.94 bits per heavy atom. The third-order valence-corrected chi connectivity index (χ3v) is 7.50. The van der Waals surface area contributed by atoms with E-state index in [9.17, 15) is 22.4 Å². The highest BCUT2D eigenvalue weighted by molar-refractivity contribution is 7.91. The Hall–Kier alpha value is -3.66. The number of anilines is 1. The fourth-order valence-corrected chi connectivity index (χ4v) is 5.97. The highest BCUT2D eigenvalue weighted by Crippen LogP contribution is 2.45. The van der Waals surface area contributed by atoms with E-state index in [1.54, 1.807) is 44.4 Å². The van der Waals surface area contributed by atoms with Crippen LogP contribution in [-0.4, -0.2) is 50.2 Å². The minimum absolute atomic E-state index is 0.208. The van der Waals surface area contributed by atoms with Crippen LogP contribution in [0.15, 0.2) is 64.7 Å². The molecular weight excluding hydrogens is 485 g/mol. The maximum atomic E-state index is 13.7. The second-order valence-corrected chi connectivity index (χ2v) is 11.3. The fourth-order valence-electron chi connectivity index (χ4n) is 5.17. The van der Waals surface area contributed by atoms with Gasteiger partial charge in [0.2, 0.25) is 0 Å². The van der Waals surface area contributed by atoms with Crippen molar-refractivity contribution in [2.24, 2.45) is 13.0 Å². The molecule has 10 heteroatoms. The number of allylic oxidation sites excluding steroid dienone is 1. The topological polar surface area (TPSA) is 97.7 Å². The SMILES string of the molecule is CCOC(=O)C1CNC2=C3C(=CN(c4ccc(F)cc4)C31)C=C(CS(C)(=O)=O)c1ccn(C)c(=O)c12. The molecule has 0 spiro atoms. The van der Waals surface area contributed by atoms with E-state index in [1.807, 2.05) is 11.1 Å². The Kier molecular flexibility index (Phi) is 5.86. The second kappa shape index (κ2) is 8.77. The molecule has 1 aliphatic carbocycles. The monoisotopic (exact) mass is 511 g/mol. The zero-order chi connectivity index (χ0) is 25.8. The van der Waals surface area contributed by atoms with Crippen molar-refractivity contribution in [2.75, 3.05) is 30.1 Å². The molecule has 3 heterocycles. The zero-order valence-electron chi connectivity index (χ0n) is 20.1. The summed E-state index contributed by atoms with van der Waals surface area (Å²) in [5, 5.41) is 3.30. The Morgan fingerprint density at radius 1 is 1.22 bits per heavy atom. The first-order valence-corrected chi connectivity index (χ1v) is 13.6. The number of carbonyl (C=O) groups excluding carboxylic acids is 1. The van der Waals surface area contributed by atoms with Crippen LogP contribution in [0.3, 0.4) is 0 Å². The lowest BCUT2D eigenvalue weighted by Gasteiger charge is -2.37. The summed E-state index contributed by atoms with van der Waals surface area (Å²) in [5.74, 6) is -1.66. The maximum Gasteiger partial charge on any atom is 0.313 e. The number of pyridine rings is 1. The minimum atomic E-state index is -3.43. The van der Waals surface area contributed by atoms with Gasteiger partial charge < -0.3 is 19.5 Å². The highest BCUT2D eigenvalue weighted by Gasteiger charge is 2.46. The average molecular weight is 512 g/mol. The van der Waals surface area contributed by atoms with Crippen molar-refractivity contribution in [1.29, 1.82) is 0 Å². The zero-order valence-corrected chi connectivity index (χ0v) is 20.9. The lowest BCUT2D eigenvalue weighted by molar-refractivity contribution is -0.148. The molecule has 2 atom stereocenters. The summed E-state index contributed by atoms with van der Waals surface area (Å²) >= 11 is 0. The highest BCUT2D eigenvalue weighted by atomic mass is 32.2. The number of halogens is 1. The van der Waals surface area contributed by atoms with Crippen LogP contribution in [0.25, 0.3) is 11.3 Å². The molecule has 2 aromatic rings. The Labute approximate surface area is 208 Å². The fraction of sp³-hybridized carbons (Fsp3) is 0.308. The summed E-state index contributed by atoms with van der Waals surface area (Å²) in [4.78, 5) is 28.3. The number of ether oxygens (including phenoxy) is 1.